The Morgan fingerprint density at radius 2 is 2.26 bits per heavy atom. The van der Waals surface area contributed by atoms with Gasteiger partial charge in [-0.1, -0.05) is 14.6 Å². The molecular weight excluding hydrogens is 259 g/mol. The van der Waals surface area contributed by atoms with Crippen LogP contribution >= 0.6 is 8.58 Å². The molecule has 0 amide bonds. The molecule has 1 heterocycles. The molecule has 2 N–H and O–H groups in total. The molecule has 2 aromatic rings. The third-order valence-electron chi connectivity index (χ3n) is 2.51. The number of phenols is 1. The summed E-state index contributed by atoms with van der Waals surface area (Å²) in [6, 6.07) is 9.37. The Morgan fingerprint density at radius 3 is 3.00 bits per heavy atom. The van der Waals surface area contributed by atoms with Crippen LogP contribution in [-0.2, 0) is 0 Å². The van der Waals surface area contributed by atoms with Crippen molar-refractivity contribution in [2.45, 2.75) is 6.92 Å². The number of rotatable bonds is 6. The van der Waals surface area contributed by atoms with E-state index in [-0.39, 0.29) is 5.75 Å². The number of benzene rings is 1. The van der Waals surface area contributed by atoms with E-state index in [0.29, 0.717) is 20.9 Å². The SMILES string of the molecule is CCOc1cc(PCNc2cccnc2)ccc1O. The summed E-state index contributed by atoms with van der Waals surface area (Å²) in [6.07, 6.45) is 4.39. The summed E-state index contributed by atoms with van der Waals surface area (Å²) in [7, 11) is 0.597. The standard InChI is InChI=1S/C14H17N2O2P/c1-2-18-14-8-12(5-6-13(14)17)19-10-16-11-4-3-7-15-9-11/h3-9,16-17,19H,2,10H2,1H3. The molecule has 0 saturated carbocycles. The summed E-state index contributed by atoms with van der Waals surface area (Å²) >= 11 is 0. The molecule has 19 heavy (non-hydrogen) atoms. The molecule has 1 unspecified atom stereocenters. The summed E-state index contributed by atoms with van der Waals surface area (Å²) in [4.78, 5) is 4.05. The van der Waals surface area contributed by atoms with Crippen molar-refractivity contribution in [1.29, 1.82) is 0 Å². The van der Waals surface area contributed by atoms with Gasteiger partial charge in [0.15, 0.2) is 11.5 Å². The van der Waals surface area contributed by atoms with Crippen LogP contribution in [0.25, 0.3) is 0 Å². The van der Waals surface area contributed by atoms with E-state index in [1.165, 1.54) is 0 Å². The van der Waals surface area contributed by atoms with Gasteiger partial charge in [0.25, 0.3) is 0 Å². The molecule has 0 bridgehead atoms. The lowest BCUT2D eigenvalue weighted by Crippen LogP contribution is -2.03. The highest BCUT2D eigenvalue weighted by Crippen LogP contribution is 2.26. The van der Waals surface area contributed by atoms with Crippen LogP contribution in [0.2, 0.25) is 0 Å². The first kappa shape index (κ1) is 13.6. The number of pyridine rings is 1. The number of aromatic hydroxyl groups is 1. The van der Waals surface area contributed by atoms with Crippen molar-refractivity contribution in [2.75, 3.05) is 18.2 Å². The van der Waals surface area contributed by atoms with Crippen molar-refractivity contribution in [2.24, 2.45) is 0 Å². The minimum absolute atomic E-state index is 0.190. The number of nitrogens with zero attached hydrogens (tertiary/aromatic N) is 1. The molecule has 0 aliphatic rings. The molecule has 0 radical (unpaired) electrons. The fourth-order valence-electron chi connectivity index (χ4n) is 1.61. The number of hydrogen-bond acceptors (Lipinski definition) is 4. The molecule has 5 heteroatoms. The van der Waals surface area contributed by atoms with Gasteiger partial charge in [-0.15, -0.1) is 0 Å². The zero-order valence-corrected chi connectivity index (χ0v) is 11.8. The number of ether oxygens (including phenoxy) is 1. The van der Waals surface area contributed by atoms with Crippen molar-refractivity contribution in [3.8, 4) is 11.5 Å². The van der Waals surface area contributed by atoms with Gasteiger partial charge in [0.1, 0.15) is 0 Å². The van der Waals surface area contributed by atoms with Gasteiger partial charge in [0.05, 0.1) is 12.3 Å². The molecule has 2 rings (SSSR count). The Kier molecular flexibility index (Phi) is 4.99. The van der Waals surface area contributed by atoms with E-state index in [1.807, 2.05) is 31.2 Å². The first-order valence-corrected chi connectivity index (χ1v) is 7.34. The van der Waals surface area contributed by atoms with Crippen LogP contribution in [0, 0.1) is 0 Å². The van der Waals surface area contributed by atoms with Gasteiger partial charge in [0.2, 0.25) is 0 Å². The van der Waals surface area contributed by atoms with E-state index in [4.69, 9.17) is 4.74 Å². The summed E-state index contributed by atoms with van der Waals surface area (Å²) in [5, 5.41) is 14.1. The molecule has 1 atom stereocenters. The number of aromatic nitrogens is 1. The summed E-state index contributed by atoms with van der Waals surface area (Å²) in [5.74, 6) is 0.740. The van der Waals surface area contributed by atoms with Crippen LogP contribution in [0.1, 0.15) is 6.92 Å². The van der Waals surface area contributed by atoms with Crippen LogP contribution < -0.4 is 15.4 Å². The fraction of sp³-hybridized carbons (Fsp3) is 0.214. The summed E-state index contributed by atoms with van der Waals surface area (Å²) in [5.41, 5.74) is 1.01. The Balaban J connectivity index is 1.91. The Hall–Kier alpha value is -1.80. The lowest BCUT2D eigenvalue weighted by Gasteiger charge is -2.09. The smallest absolute Gasteiger partial charge is 0.161 e. The Labute approximate surface area is 114 Å². The highest BCUT2D eigenvalue weighted by Gasteiger charge is 2.03. The Morgan fingerprint density at radius 1 is 1.37 bits per heavy atom. The van der Waals surface area contributed by atoms with Gasteiger partial charge >= 0.3 is 0 Å². The van der Waals surface area contributed by atoms with Crippen LogP contribution in [-0.4, -0.2) is 23.0 Å². The third kappa shape index (κ3) is 4.11. The van der Waals surface area contributed by atoms with Crippen LogP contribution in [0.15, 0.2) is 42.7 Å². The van der Waals surface area contributed by atoms with Crippen molar-refractivity contribution >= 4 is 19.6 Å². The number of phenolic OH excluding ortho intramolecular Hbond substituents is 1. The molecule has 100 valence electrons. The molecular formula is C14H17N2O2P. The molecule has 1 aromatic carbocycles. The lowest BCUT2D eigenvalue weighted by atomic mass is 10.3. The van der Waals surface area contributed by atoms with Crippen molar-refractivity contribution in [3.63, 3.8) is 0 Å². The third-order valence-corrected chi connectivity index (χ3v) is 3.58. The zero-order valence-electron chi connectivity index (χ0n) is 10.8. The summed E-state index contributed by atoms with van der Waals surface area (Å²) in [6.45, 7) is 2.45. The molecule has 0 saturated heterocycles. The maximum absolute atomic E-state index is 9.62. The second kappa shape index (κ2) is 6.95. The molecule has 0 fully saturated rings. The number of hydrogen-bond donors (Lipinski definition) is 2. The van der Waals surface area contributed by atoms with Crippen LogP contribution in [0.5, 0.6) is 11.5 Å². The van der Waals surface area contributed by atoms with Gasteiger partial charge in [0, 0.05) is 18.7 Å². The highest BCUT2D eigenvalue weighted by molar-refractivity contribution is 7.47. The van der Waals surface area contributed by atoms with Crippen molar-refractivity contribution in [1.82, 2.24) is 4.98 Å². The normalized spacial score (nSPS) is 10.8. The average molecular weight is 276 g/mol. The maximum Gasteiger partial charge on any atom is 0.161 e. The average Bonchev–Trinajstić information content (AvgIpc) is 2.44. The topological polar surface area (TPSA) is 54.4 Å². The largest absolute Gasteiger partial charge is 0.504 e. The number of nitrogens with one attached hydrogen (secondary N) is 1. The van der Waals surface area contributed by atoms with Gasteiger partial charge in [-0.3, -0.25) is 4.98 Å². The minimum atomic E-state index is 0.190. The first-order chi connectivity index (χ1) is 9.29. The fourth-order valence-corrected chi connectivity index (χ4v) is 2.54. The zero-order chi connectivity index (χ0) is 13.5. The van der Waals surface area contributed by atoms with Gasteiger partial charge in [-0.25, -0.2) is 0 Å². The number of anilines is 1. The minimum Gasteiger partial charge on any atom is -0.504 e. The van der Waals surface area contributed by atoms with E-state index in [1.54, 1.807) is 18.5 Å². The van der Waals surface area contributed by atoms with E-state index in [0.717, 1.165) is 17.3 Å². The molecule has 0 aliphatic heterocycles. The predicted molar refractivity (Wildman–Crippen MR) is 80.0 cm³/mol. The summed E-state index contributed by atoms with van der Waals surface area (Å²) < 4.78 is 5.37. The van der Waals surface area contributed by atoms with E-state index >= 15 is 0 Å². The van der Waals surface area contributed by atoms with Crippen molar-refractivity contribution in [3.05, 3.63) is 42.7 Å². The first-order valence-electron chi connectivity index (χ1n) is 6.13. The molecule has 1 aromatic heterocycles. The van der Waals surface area contributed by atoms with Gasteiger partial charge in [-0.05, 0) is 36.5 Å². The lowest BCUT2D eigenvalue weighted by molar-refractivity contribution is 0.318. The quantitative estimate of drug-likeness (QED) is 0.796. The monoisotopic (exact) mass is 276 g/mol. The molecule has 4 nitrogen and oxygen atoms in total. The van der Waals surface area contributed by atoms with Gasteiger partial charge in [-0.2, -0.15) is 0 Å². The van der Waals surface area contributed by atoms with Crippen LogP contribution in [0.4, 0.5) is 5.69 Å². The van der Waals surface area contributed by atoms with E-state index in [9.17, 15) is 5.11 Å². The highest BCUT2D eigenvalue weighted by atomic mass is 31.1. The van der Waals surface area contributed by atoms with E-state index in [2.05, 4.69) is 10.3 Å². The Bertz CT molecular complexity index is 520. The van der Waals surface area contributed by atoms with Gasteiger partial charge < -0.3 is 15.2 Å². The maximum atomic E-state index is 9.62. The molecule has 0 aliphatic carbocycles. The van der Waals surface area contributed by atoms with Crippen molar-refractivity contribution < 1.29 is 9.84 Å². The second-order valence-corrected chi connectivity index (χ2v) is 5.17. The predicted octanol–water partition coefficient (Wildman–Crippen LogP) is 2.56. The molecule has 0 spiro atoms. The van der Waals surface area contributed by atoms with Crippen LogP contribution in [0.3, 0.4) is 0 Å². The van der Waals surface area contributed by atoms with E-state index < -0.39 is 0 Å². The second-order valence-electron chi connectivity index (χ2n) is 3.89.